The van der Waals surface area contributed by atoms with E-state index in [0.717, 1.165) is 15.8 Å². The highest BCUT2D eigenvalue weighted by atomic mass is 35.5. The van der Waals surface area contributed by atoms with Crippen LogP contribution in [-0.2, 0) is 6.54 Å². The van der Waals surface area contributed by atoms with Gasteiger partial charge in [-0.05, 0) is 30.7 Å². The molecule has 6 nitrogen and oxygen atoms in total. The number of nitrogens with zero attached hydrogens (tertiary/aromatic N) is 3. The summed E-state index contributed by atoms with van der Waals surface area (Å²) in [5.74, 6) is -0.540. The van der Waals surface area contributed by atoms with Gasteiger partial charge in [0.15, 0.2) is 4.80 Å². The number of benzene rings is 2. The van der Waals surface area contributed by atoms with E-state index in [2.05, 4.69) is 11.6 Å². The largest absolute Gasteiger partial charge is 0.312 e. The van der Waals surface area contributed by atoms with Gasteiger partial charge in [0.1, 0.15) is 0 Å². The number of hydrogen-bond donors (Lipinski definition) is 0. The summed E-state index contributed by atoms with van der Waals surface area (Å²) in [6, 6.07) is 9.21. The molecule has 2 aromatic carbocycles. The summed E-state index contributed by atoms with van der Waals surface area (Å²) in [6.07, 6.45) is 1.71. The molecular formula is C18H14ClN3O3S. The van der Waals surface area contributed by atoms with Crippen molar-refractivity contribution in [2.75, 3.05) is 0 Å². The average Bonchev–Trinajstić information content (AvgIpc) is 2.96. The molecule has 0 fully saturated rings. The standard InChI is InChI=1S/C18H14ClN3O3S/c1-3-9-21-16-11(2)14(19)7-8-15(16)26-18(21)20-17(23)12-5-4-6-13(10-12)22(24)25/h3-8,10H,1,9H2,2H3. The summed E-state index contributed by atoms with van der Waals surface area (Å²) in [5, 5.41) is 11.5. The van der Waals surface area contributed by atoms with Gasteiger partial charge in [-0.25, -0.2) is 0 Å². The predicted octanol–water partition coefficient (Wildman–Crippen LogP) is 4.50. The van der Waals surface area contributed by atoms with Crippen LogP contribution in [0.2, 0.25) is 5.02 Å². The van der Waals surface area contributed by atoms with Crippen LogP contribution in [0.25, 0.3) is 10.2 Å². The van der Waals surface area contributed by atoms with Gasteiger partial charge in [-0.1, -0.05) is 35.1 Å². The van der Waals surface area contributed by atoms with Crippen molar-refractivity contribution >= 4 is 44.7 Å². The van der Waals surface area contributed by atoms with Crippen molar-refractivity contribution in [2.45, 2.75) is 13.5 Å². The van der Waals surface area contributed by atoms with Crippen LogP contribution in [0, 0.1) is 17.0 Å². The number of non-ortho nitro benzene ring substituents is 1. The number of nitro benzene ring substituents is 1. The van der Waals surface area contributed by atoms with Crippen molar-refractivity contribution in [3.8, 4) is 0 Å². The molecule has 0 spiro atoms. The van der Waals surface area contributed by atoms with Gasteiger partial charge < -0.3 is 4.57 Å². The maximum absolute atomic E-state index is 12.5. The van der Waals surface area contributed by atoms with Gasteiger partial charge in [0.25, 0.3) is 11.6 Å². The molecule has 0 N–H and O–H groups in total. The zero-order valence-corrected chi connectivity index (χ0v) is 15.4. The molecule has 1 heterocycles. The van der Waals surface area contributed by atoms with E-state index in [0.29, 0.717) is 16.4 Å². The fourth-order valence-corrected chi connectivity index (χ4v) is 3.85. The normalized spacial score (nSPS) is 11.7. The molecule has 0 atom stereocenters. The molecule has 132 valence electrons. The highest BCUT2D eigenvalue weighted by molar-refractivity contribution is 7.16. The number of aryl methyl sites for hydroxylation is 1. The second-order valence-electron chi connectivity index (χ2n) is 5.53. The number of fused-ring (bicyclic) bond motifs is 1. The van der Waals surface area contributed by atoms with Crippen molar-refractivity contribution in [2.24, 2.45) is 4.99 Å². The van der Waals surface area contributed by atoms with Crippen LogP contribution in [-0.4, -0.2) is 15.4 Å². The van der Waals surface area contributed by atoms with E-state index in [1.165, 1.54) is 35.6 Å². The van der Waals surface area contributed by atoms with Gasteiger partial charge in [0.05, 0.1) is 15.1 Å². The SMILES string of the molecule is C=CCn1c(=NC(=O)c2cccc([N+](=O)[O-])c2)sc2ccc(Cl)c(C)c21. The Bertz CT molecular complexity index is 1110. The summed E-state index contributed by atoms with van der Waals surface area (Å²) in [7, 11) is 0. The van der Waals surface area contributed by atoms with Gasteiger partial charge >= 0.3 is 0 Å². The maximum atomic E-state index is 12.5. The number of carbonyl (C=O) groups excluding carboxylic acids is 1. The number of halogens is 1. The molecule has 0 saturated heterocycles. The highest BCUT2D eigenvalue weighted by Gasteiger charge is 2.14. The van der Waals surface area contributed by atoms with E-state index in [1.54, 1.807) is 12.1 Å². The first kappa shape index (κ1) is 18.0. The molecule has 8 heteroatoms. The molecule has 0 unspecified atom stereocenters. The minimum atomic E-state index is -0.542. The Morgan fingerprint density at radius 3 is 2.88 bits per heavy atom. The minimum Gasteiger partial charge on any atom is -0.312 e. The molecule has 0 saturated carbocycles. The fraction of sp³-hybridized carbons (Fsp3) is 0.111. The number of nitro groups is 1. The predicted molar refractivity (Wildman–Crippen MR) is 103 cm³/mol. The molecule has 0 bridgehead atoms. The van der Waals surface area contributed by atoms with E-state index in [4.69, 9.17) is 11.6 Å². The first-order chi connectivity index (χ1) is 12.4. The molecule has 3 aromatic rings. The van der Waals surface area contributed by atoms with E-state index in [-0.39, 0.29) is 11.3 Å². The number of carbonyl (C=O) groups is 1. The summed E-state index contributed by atoms with van der Waals surface area (Å²) in [4.78, 5) is 27.6. The zero-order valence-electron chi connectivity index (χ0n) is 13.8. The fourth-order valence-electron chi connectivity index (χ4n) is 2.60. The number of rotatable bonds is 4. The molecule has 0 radical (unpaired) electrons. The van der Waals surface area contributed by atoms with Gasteiger partial charge in [-0.2, -0.15) is 4.99 Å². The quantitative estimate of drug-likeness (QED) is 0.375. The van der Waals surface area contributed by atoms with E-state index in [9.17, 15) is 14.9 Å². The first-order valence-electron chi connectivity index (χ1n) is 7.65. The Morgan fingerprint density at radius 1 is 1.42 bits per heavy atom. The Kier molecular flexibility index (Phi) is 5.01. The number of amides is 1. The second-order valence-corrected chi connectivity index (χ2v) is 6.94. The summed E-state index contributed by atoms with van der Waals surface area (Å²) in [5.41, 5.74) is 1.81. The van der Waals surface area contributed by atoms with Crippen LogP contribution >= 0.6 is 22.9 Å². The Labute approximate surface area is 157 Å². The number of thiazole rings is 1. The molecule has 0 aliphatic heterocycles. The first-order valence-corrected chi connectivity index (χ1v) is 8.84. The smallest absolute Gasteiger partial charge is 0.279 e. The summed E-state index contributed by atoms with van der Waals surface area (Å²) >= 11 is 7.58. The number of hydrogen-bond acceptors (Lipinski definition) is 4. The molecule has 3 rings (SSSR count). The third-order valence-electron chi connectivity index (χ3n) is 3.84. The van der Waals surface area contributed by atoms with E-state index < -0.39 is 10.8 Å². The Balaban J connectivity index is 2.18. The molecule has 26 heavy (non-hydrogen) atoms. The topological polar surface area (TPSA) is 77.5 Å². The van der Waals surface area contributed by atoms with Crippen LogP contribution < -0.4 is 4.80 Å². The van der Waals surface area contributed by atoms with Gasteiger partial charge in [-0.3, -0.25) is 14.9 Å². The van der Waals surface area contributed by atoms with Crippen molar-refractivity contribution < 1.29 is 9.72 Å². The highest BCUT2D eigenvalue weighted by Crippen LogP contribution is 2.27. The lowest BCUT2D eigenvalue weighted by Crippen LogP contribution is -2.16. The van der Waals surface area contributed by atoms with Gasteiger partial charge in [0.2, 0.25) is 0 Å². The van der Waals surface area contributed by atoms with Crippen molar-refractivity contribution in [3.05, 3.63) is 80.1 Å². The number of allylic oxidation sites excluding steroid dienone is 1. The number of aromatic nitrogens is 1. The third kappa shape index (κ3) is 3.31. The molecule has 1 amide bonds. The zero-order chi connectivity index (χ0) is 18.8. The molecule has 0 aliphatic rings. The van der Waals surface area contributed by atoms with Crippen LogP contribution in [0.5, 0.6) is 0 Å². The second kappa shape index (κ2) is 7.23. The van der Waals surface area contributed by atoms with Crippen LogP contribution in [0.15, 0.2) is 54.0 Å². The third-order valence-corrected chi connectivity index (χ3v) is 5.30. The van der Waals surface area contributed by atoms with Crippen molar-refractivity contribution in [3.63, 3.8) is 0 Å². The lowest BCUT2D eigenvalue weighted by molar-refractivity contribution is -0.384. The summed E-state index contributed by atoms with van der Waals surface area (Å²) in [6.45, 7) is 6.12. The Hall–Kier alpha value is -2.77. The summed E-state index contributed by atoms with van der Waals surface area (Å²) < 4.78 is 2.81. The van der Waals surface area contributed by atoms with Crippen LogP contribution in [0.3, 0.4) is 0 Å². The van der Waals surface area contributed by atoms with Crippen molar-refractivity contribution in [1.29, 1.82) is 0 Å². The van der Waals surface area contributed by atoms with Gasteiger partial charge in [0, 0.05) is 29.3 Å². The van der Waals surface area contributed by atoms with E-state index >= 15 is 0 Å². The monoisotopic (exact) mass is 387 g/mol. The van der Waals surface area contributed by atoms with Crippen molar-refractivity contribution in [1.82, 2.24) is 4.57 Å². The van der Waals surface area contributed by atoms with Crippen LogP contribution in [0.4, 0.5) is 5.69 Å². The van der Waals surface area contributed by atoms with E-state index in [1.807, 2.05) is 17.6 Å². The minimum absolute atomic E-state index is 0.149. The lowest BCUT2D eigenvalue weighted by Gasteiger charge is -2.05. The average molecular weight is 388 g/mol. The van der Waals surface area contributed by atoms with Gasteiger partial charge in [-0.15, -0.1) is 6.58 Å². The molecular weight excluding hydrogens is 374 g/mol. The Morgan fingerprint density at radius 2 is 2.19 bits per heavy atom. The lowest BCUT2D eigenvalue weighted by atomic mass is 10.2. The molecule has 1 aromatic heterocycles. The maximum Gasteiger partial charge on any atom is 0.279 e. The molecule has 0 aliphatic carbocycles. The van der Waals surface area contributed by atoms with Crippen LogP contribution in [0.1, 0.15) is 15.9 Å².